The molecule has 3 N–H and O–H groups in total. The summed E-state index contributed by atoms with van der Waals surface area (Å²) in [4.78, 5) is 24.8. The summed E-state index contributed by atoms with van der Waals surface area (Å²) in [6.45, 7) is 5.19. The summed E-state index contributed by atoms with van der Waals surface area (Å²) in [6, 6.07) is -0.559. The van der Waals surface area contributed by atoms with Gasteiger partial charge in [-0.15, -0.1) is 0 Å². The van der Waals surface area contributed by atoms with Gasteiger partial charge in [-0.1, -0.05) is 13.8 Å². The van der Waals surface area contributed by atoms with E-state index < -0.39 is 18.0 Å². The van der Waals surface area contributed by atoms with Crippen LogP contribution in [0.2, 0.25) is 0 Å². The van der Waals surface area contributed by atoms with Crippen LogP contribution in [-0.4, -0.2) is 54.2 Å². The Kier molecular flexibility index (Phi) is 6.08. The van der Waals surface area contributed by atoms with E-state index in [-0.39, 0.29) is 5.92 Å². The first-order valence-electron chi connectivity index (χ1n) is 6.87. The molecule has 0 radical (unpaired) electrons. The van der Waals surface area contributed by atoms with E-state index >= 15 is 0 Å². The third-order valence-corrected chi connectivity index (χ3v) is 3.23. The van der Waals surface area contributed by atoms with Crippen molar-refractivity contribution in [1.29, 1.82) is 0 Å². The number of aliphatic carboxylic acids is 1. The number of carboxylic acid groups (broad SMARTS) is 1. The van der Waals surface area contributed by atoms with E-state index in [4.69, 9.17) is 5.11 Å². The van der Waals surface area contributed by atoms with E-state index in [2.05, 4.69) is 15.5 Å². The fraction of sp³-hybridized carbons (Fsp3) is 0.846. The van der Waals surface area contributed by atoms with Crippen LogP contribution in [0.5, 0.6) is 0 Å². The van der Waals surface area contributed by atoms with E-state index in [1.165, 1.54) is 12.8 Å². The van der Waals surface area contributed by atoms with Crippen LogP contribution in [0.4, 0.5) is 4.79 Å². The average molecular weight is 271 g/mol. The van der Waals surface area contributed by atoms with Crippen LogP contribution in [-0.2, 0) is 4.79 Å². The van der Waals surface area contributed by atoms with E-state index in [1.807, 2.05) is 20.9 Å². The lowest BCUT2D eigenvalue weighted by Crippen LogP contribution is -2.48. The Morgan fingerprint density at radius 1 is 1.37 bits per heavy atom. The van der Waals surface area contributed by atoms with Crippen molar-refractivity contribution in [1.82, 2.24) is 15.5 Å². The monoisotopic (exact) mass is 271 g/mol. The maximum atomic E-state index is 11.6. The third-order valence-electron chi connectivity index (χ3n) is 3.23. The smallest absolute Gasteiger partial charge is 0.326 e. The molecule has 0 aromatic rings. The van der Waals surface area contributed by atoms with Gasteiger partial charge in [0.05, 0.1) is 0 Å². The summed E-state index contributed by atoms with van der Waals surface area (Å²) in [5, 5.41) is 14.2. The summed E-state index contributed by atoms with van der Waals surface area (Å²) >= 11 is 0. The molecule has 6 nitrogen and oxygen atoms in total. The molecule has 0 spiro atoms. The molecule has 0 heterocycles. The zero-order valence-electron chi connectivity index (χ0n) is 12.0. The summed E-state index contributed by atoms with van der Waals surface area (Å²) < 4.78 is 0. The number of carboxylic acids is 1. The molecule has 19 heavy (non-hydrogen) atoms. The molecule has 0 bridgehead atoms. The third kappa shape index (κ3) is 6.42. The second-order valence-corrected chi connectivity index (χ2v) is 5.63. The molecule has 2 amide bonds. The molecule has 1 atom stereocenters. The van der Waals surface area contributed by atoms with Crippen molar-refractivity contribution < 1.29 is 14.7 Å². The maximum absolute atomic E-state index is 11.6. The van der Waals surface area contributed by atoms with Gasteiger partial charge in [-0.05, 0) is 32.2 Å². The Hall–Kier alpha value is -1.30. The molecule has 1 rings (SSSR count). The number of urea groups is 1. The van der Waals surface area contributed by atoms with Crippen molar-refractivity contribution in [3.05, 3.63) is 0 Å². The van der Waals surface area contributed by atoms with Gasteiger partial charge in [0.2, 0.25) is 0 Å². The SMILES string of the molecule is CC(C)CC(NC(=O)NCCN(C)C1CC1)C(=O)O. The van der Waals surface area contributed by atoms with Crippen molar-refractivity contribution >= 4 is 12.0 Å². The predicted octanol–water partition coefficient (Wildman–Crippen LogP) is 0.879. The Balaban J connectivity index is 2.21. The number of hydrogen-bond donors (Lipinski definition) is 3. The number of rotatable bonds is 8. The number of carbonyl (C=O) groups excluding carboxylic acids is 1. The van der Waals surface area contributed by atoms with Crippen molar-refractivity contribution in [2.75, 3.05) is 20.1 Å². The lowest BCUT2D eigenvalue weighted by atomic mass is 10.0. The minimum Gasteiger partial charge on any atom is -0.480 e. The Bertz CT molecular complexity index is 316. The predicted molar refractivity (Wildman–Crippen MR) is 73.1 cm³/mol. The second-order valence-electron chi connectivity index (χ2n) is 5.63. The first-order valence-corrected chi connectivity index (χ1v) is 6.87. The molecule has 0 aromatic carbocycles. The molecule has 0 aromatic heterocycles. The molecule has 1 fully saturated rings. The van der Waals surface area contributed by atoms with Gasteiger partial charge in [0, 0.05) is 19.1 Å². The van der Waals surface area contributed by atoms with Gasteiger partial charge in [-0.3, -0.25) is 0 Å². The van der Waals surface area contributed by atoms with Crippen molar-refractivity contribution in [3.63, 3.8) is 0 Å². The van der Waals surface area contributed by atoms with Crippen LogP contribution in [0, 0.1) is 5.92 Å². The number of nitrogens with one attached hydrogen (secondary N) is 2. The van der Waals surface area contributed by atoms with E-state index in [1.54, 1.807) is 0 Å². The molecule has 0 aliphatic heterocycles. The lowest BCUT2D eigenvalue weighted by molar-refractivity contribution is -0.139. The van der Waals surface area contributed by atoms with E-state index in [0.29, 0.717) is 19.0 Å². The zero-order chi connectivity index (χ0) is 14.4. The summed E-state index contributed by atoms with van der Waals surface area (Å²) in [5.74, 6) is -0.763. The van der Waals surface area contributed by atoms with Crippen molar-refractivity contribution in [3.8, 4) is 0 Å². The highest BCUT2D eigenvalue weighted by Gasteiger charge is 2.25. The fourth-order valence-electron chi connectivity index (χ4n) is 1.95. The Morgan fingerprint density at radius 2 is 2.00 bits per heavy atom. The van der Waals surface area contributed by atoms with Gasteiger partial charge in [0.25, 0.3) is 0 Å². The largest absolute Gasteiger partial charge is 0.480 e. The second kappa shape index (κ2) is 7.33. The van der Waals surface area contributed by atoms with Gasteiger partial charge in [-0.2, -0.15) is 0 Å². The average Bonchev–Trinajstić information content (AvgIpc) is 3.10. The molecular formula is C13H25N3O3. The van der Waals surface area contributed by atoms with Crippen LogP contribution < -0.4 is 10.6 Å². The molecule has 110 valence electrons. The standard InChI is InChI=1S/C13H25N3O3/c1-9(2)8-11(12(17)18)15-13(19)14-6-7-16(3)10-4-5-10/h9-11H,4-8H2,1-3H3,(H,17,18)(H2,14,15,19). The van der Waals surface area contributed by atoms with Crippen molar-refractivity contribution in [2.45, 2.75) is 45.2 Å². The van der Waals surface area contributed by atoms with Crippen molar-refractivity contribution in [2.24, 2.45) is 5.92 Å². The van der Waals surface area contributed by atoms with Crippen LogP contribution >= 0.6 is 0 Å². The highest BCUT2D eigenvalue weighted by molar-refractivity contribution is 5.82. The normalized spacial score (nSPS) is 16.5. The van der Waals surface area contributed by atoms with Crippen LogP contribution in [0.15, 0.2) is 0 Å². The Labute approximate surface area is 114 Å². The van der Waals surface area contributed by atoms with Gasteiger partial charge in [0.1, 0.15) is 6.04 Å². The zero-order valence-corrected chi connectivity index (χ0v) is 12.0. The quantitative estimate of drug-likeness (QED) is 0.612. The Morgan fingerprint density at radius 3 is 2.47 bits per heavy atom. The maximum Gasteiger partial charge on any atom is 0.326 e. The first kappa shape index (κ1) is 15.8. The lowest BCUT2D eigenvalue weighted by Gasteiger charge is -2.18. The highest BCUT2D eigenvalue weighted by atomic mass is 16.4. The van der Waals surface area contributed by atoms with Crippen LogP contribution in [0.25, 0.3) is 0 Å². The fourth-order valence-corrected chi connectivity index (χ4v) is 1.95. The summed E-state index contributed by atoms with van der Waals surface area (Å²) in [7, 11) is 2.04. The van der Waals surface area contributed by atoms with Crippen LogP contribution in [0.3, 0.4) is 0 Å². The summed E-state index contributed by atoms with van der Waals surface area (Å²) in [6.07, 6.45) is 2.90. The molecular weight excluding hydrogens is 246 g/mol. The number of likely N-dealkylation sites (N-methyl/N-ethyl adjacent to an activating group) is 1. The minimum absolute atomic E-state index is 0.224. The van der Waals surface area contributed by atoms with E-state index in [0.717, 1.165) is 6.54 Å². The minimum atomic E-state index is -0.987. The van der Waals surface area contributed by atoms with Gasteiger partial charge in [0.15, 0.2) is 0 Å². The number of carbonyl (C=O) groups is 2. The van der Waals surface area contributed by atoms with E-state index in [9.17, 15) is 9.59 Å². The summed E-state index contributed by atoms with van der Waals surface area (Å²) in [5.41, 5.74) is 0. The molecule has 1 aliphatic rings. The van der Waals surface area contributed by atoms with Gasteiger partial charge in [-0.25, -0.2) is 9.59 Å². The number of hydrogen-bond acceptors (Lipinski definition) is 3. The molecule has 1 saturated carbocycles. The van der Waals surface area contributed by atoms with Gasteiger partial charge >= 0.3 is 12.0 Å². The molecule has 1 unspecified atom stereocenters. The van der Waals surface area contributed by atoms with Crippen LogP contribution in [0.1, 0.15) is 33.1 Å². The number of amides is 2. The highest BCUT2D eigenvalue weighted by Crippen LogP contribution is 2.24. The van der Waals surface area contributed by atoms with Gasteiger partial charge < -0.3 is 20.6 Å². The first-order chi connectivity index (χ1) is 8.90. The molecule has 0 saturated heterocycles. The number of nitrogens with zero attached hydrogens (tertiary/aromatic N) is 1. The molecule has 1 aliphatic carbocycles. The topological polar surface area (TPSA) is 81.7 Å². The molecule has 6 heteroatoms.